The molecule has 0 bridgehead atoms. The topological polar surface area (TPSA) is 105 Å². The standard InChI is InChI=1S/C22H22FN5O3/c1-4-17-21(13(3)31-27-17)22(30)25-18(14-5-7-15(23)8-6-14)10-16-11-20(29)28-19(24-16)9-12(2)26-28/h5-9,11,18,26H,4,10H2,1-3H3,(H,25,30)/t18-/m0/s1. The number of fused-ring (bicyclic) bond motifs is 1. The number of amides is 1. The first-order valence-electron chi connectivity index (χ1n) is 9.95. The van der Waals surface area contributed by atoms with Gasteiger partial charge in [0.25, 0.3) is 11.5 Å². The molecule has 1 aromatic carbocycles. The molecule has 31 heavy (non-hydrogen) atoms. The molecule has 1 amide bonds. The Labute approximate surface area is 177 Å². The summed E-state index contributed by atoms with van der Waals surface area (Å²) in [5.74, 6) is -0.300. The number of aryl methyl sites for hydroxylation is 3. The van der Waals surface area contributed by atoms with Gasteiger partial charge in [-0.1, -0.05) is 24.2 Å². The molecule has 4 rings (SSSR count). The Morgan fingerprint density at radius 3 is 2.71 bits per heavy atom. The Balaban J connectivity index is 1.69. The van der Waals surface area contributed by atoms with E-state index in [0.717, 1.165) is 5.69 Å². The van der Waals surface area contributed by atoms with Gasteiger partial charge in [-0.25, -0.2) is 13.9 Å². The van der Waals surface area contributed by atoms with Crippen molar-refractivity contribution >= 4 is 11.6 Å². The number of carbonyl (C=O) groups excluding carboxylic acids is 1. The Morgan fingerprint density at radius 2 is 2.00 bits per heavy atom. The van der Waals surface area contributed by atoms with E-state index in [1.165, 1.54) is 22.7 Å². The van der Waals surface area contributed by atoms with Gasteiger partial charge in [-0.2, -0.15) is 0 Å². The highest BCUT2D eigenvalue weighted by atomic mass is 19.1. The van der Waals surface area contributed by atoms with Crippen LogP contribution in [0, 0.1) is 19.7 Å². The summed E-state index contributed by atoms with van der Waals surface area (Å²) in [7, 11) is 0. The van der Waals surface area contributed by atoms with Crippen molar-refractivity contribution in [1.82, 2.24) is 25.1 Å². The molecule has 4 aromatic rings. The molecule has 160 valence electrons. The highest BCUT2D eigenvalue weighted by molar-refractivity contribution is 5.96. The number of aromatic nitrogens is 4. The highest BCUT2D eigenvalue weighted by Crippen LogP contribution is 2.21. The lowest BCUT2D eigenvalue weighted by atomic mass is 10.0. The third kappa shape index (κ3) is 4.11. The summed E-state index contributed by atoms with van der Waals surface area (Å²) in [5, 5.41) is 9.84. The normalized spacial score (nSPS) is 12.3. The van der Waals surface area contributed by atoms with Crippen molar-refractivity contribution < 1.29 is 13.7 Å². The summed E-state index contributed by atoms with van der Waals surface area (Å²) < 4.78 is 20.0. The monoisotopic (exact) mass is 423 g/mol. The Kier molecular flexibility index (Phi) is 5.41. The zero-order valence-electron chi connectivity index (χ0n) is 17.4. The molecule has 0 fully saturated rings. The maximum absolute atomic E-state index is 13.5. The van der Waals surface area contributed by atoms with E-state index in [4.69, 9.17) is 4.52 Å². The van der Waals surface area contributed by atoms with Gasteiger partial charge in [-0.3, -0.25) is 14.7 Å². The summed E-state index contributed by atoms with van der Waals surface area (Å²) in [6.45, 7) is 5.40. The van der Waals surface area contributed by atoms with Gasteiger partial charge in [-0.15, -0.1) is 0 Å². The van der Waals surface area contributed by atoms with Crippen molar-refractivity contribution in [2.75, 3.05) is 0 Å². The zero-order valence-corrected chi connectivity index (χ0v) is 17.4. The average molecular weight is 423 g/mol. The SMILES string of the molecule is CCc1noc(C)c1C(=O)N[C@@H](Cc1cc(=O)n2[nH]c(C)cc2n1)c1ccc(F)cc1. The molecule has 9 heteroatoms. The van der Waals surface area contributed by atoms with Crippen LogP contribution >= 0.6 is 0 Å². The van der Waals surface area contributed by atoms with Crippen molar-refractivity contribution in [1.29, 1.82) is 0 Å². The van der Waals surface area contributed by atoms with Crippen molar-refractivity contribution in [2.24, 2.45) is 0 Å². The van der Waals surface area contributed by atoms with Gasteiger partial charge in [-0.05, 0) is 38.0 Å². The predicted octanol–water partition coefficient (Wildman–Crippen LogP) is 3.04. The summed E-state index contributed by atoms with van der Waals surface area (Å²) >= 11 is 0. The lowest BCUT2D eigenvalue weighted by Gasteiger charge is -2.19. The molecule has 0 aliphatic carbocycles. The van der Waals surface area contributed by atoms with Crippen molar-refractivity contribution in [3.63, 3.8) is 0 Å². The van der Waals surface area contributed by atoms with Gasteiger partial charge in [0.1, 0.15) is 17.1 Å². The molecular weight excluding hydrogens is 401 g/mol. The average Bonchev–Trinajstić information content (AvgIpc) is 3.30. The number of hydrogen-bond donors (Lipinski definition) is 2. The van der Waals surface area contributed by atoms with E-state index in [1.54, 1.807) is 25.1 Å². The molecule has 0 aliphatic rings. The molecule has 0 spiro atoms. The minimum absolute atomic E-state index is 0.249. The minimum atomic E-state index is -0.540. The van der Waals surface area contributed by atoms with E-state index in [2.05, 4.69) is 20.6 Å². The van der Waals surface area contributed by atoms with Gasteiger partial charge >= 0.3 is 0 Å². The van der Waals surface area contributed by atoms with E-state index in [1.807, 2.05) is 13.8 Å². The number of aromatic amines is 1. The highest BCUT2D eigenvalue weighted by Gasteiger charge is 2.24. The third-order valence-corrected chi connectivity index (χ3v) is 5.12. The molecule has 0 radical (unpaired) electrons. The largest absolute Gasteiger partial charge is 0.361 e. The Morgan fingerprint density at radius 1 is 1.26 bits per heavy atom. The second-order valence-electron chi connectivity index (χ2n) is 7.41. The van der Waals surface area contributed by atoms with Gasteiger partial charge < -0.3 is 9.84 Å². The molecule has 2 N–H and O–H groups in total. The van der Waals surface area contributed by atoms with Gasteiger partial charge in [0.2, 0.25) is 0 Å². The van der Waals surface area contributed by atoms with E-state index in [-0.39, 0.29) is 23.7 Å². The van der Waals surface area contributed by atoms with Crippen LogP contribution in [-0.2, 0) is 12.8 Å². The Bertz CT molecular complexity index is 1300. The fourth-order valence-electron chi connectivity index (χ4n) is 3.60. The fraction of sp³-hybridized carbons (Fsp3) is 0.273. The molecule has 3 aromatic heterocycles. The van der Waals surface area contributed by atoms with Crippen molar-refractivity contribution in [3.05, 3.63) is 86.5 Å². The predicted molar refractivity (Wildman–Crippen MR) is 111 cm³/mol. The van der Waals surface area contributed by atoms with E-state index < -0.39 is 6.04 Å². The zero-order chi connectivity index (χ0) is 22.1. The first-order chi connectivity index (χ1) is 14.9. The van der Waals surface area contributed by atoms with Crippen LogP contribution in [0.5, 0.6) is 0 Å². The van der Waals surface area contributed by atoms with Crippen LogP contribution in [0.4, 0.5) is 4.39 Å². The summed E-state index contributed by atoms with van der Waals surface area (Å²) in [6, 6.07) is 8.52. The number of carbonyl (C=O) groups is 1. The van der Waals surface area contributed by atoms with Crippen LogP contribution in [0.2, 0.25) is 0 Å². The van der Waals surface area contributed by atoms with Gasteiger partial charge in [0, 0.05) is 24.2 Å². The van der Waals surface area contributed by atoms with E-state index in [9.17, 15) is 14.0 Å². The molecule has 0 aliphatic heterocycles. The second kappa shape index (κ2) is 8.17. The lowest BCUT2D eigenvalue weighted by Crippen LogP contribution is -2.31. The number of H-pyrrole nitrogens is 1. The number of halogens is 1. The quantitative estimate of drug-likeness (QED) is 0.496. The summed E-state index contributed by atoms with van der Waals surface area (Å²) in [6.07, 6.45) is 0.794. The number of hydrogen-bond acceptors (Lipinski definition) is 5. The number of benzene rings is 1. The van der Waals surface area contributed by atoms with E-state index >= 15 is 0 Å². The van der Waals surface area contributed by atoms with Crippen LogP contribution < -0.4 is 10.9 Å². The molecule has 3 heterocycles. The van der Waals surface area contributed by atoms with Crippen LogP contribution in [0.25, 0.3) is 5.65 Å². The van der Waals surface area contributed by atoms with Crippen LogP contribution in [0.3, 0.4) is 0 Å². The molecule has 0 saturated carbocycles. The smallest absolute Gasteiger partial charge is 0.272 e. The maximum Gasteiger partial charge on any atom is 0.272 e. The van der Waals surface area contributed by atoms with Crippen LogP contribution in [0.1, 0.15) is 51.7 Å². The number of nitrogens with one attached hydrogen (secondary N) is 2. The van der Waals surface area contributed by atoms with Crippen LogP contribution in [-0.4, -0.2) is 25.7 Å². The van der Waals surface area contributed by atoms with Crippen molar-refractivity contribution in [2.45, 2.75) is 39.7 Å². The molecular formula is C22H22FN5O3. The third-order valence-electron chi connectivity index (χ3n) is 5.12. The maximum atomic E-state index is 13.5. The summed E-state index contributed by atoms with van der Waals surface area (Å²) in [5.41, 5.74) is 3.20. The molecule has 8 nitrogen and oxygen atoms in total. The Hall–Kier alpha value is -3.75. The van der Waals surface area contributed by atoms with E-state index in [0.29, 0.717) is 40.3 Å². The van der Waals surface area contributed by atoms with Gasteiger partial charge in [0.15, 0.2) is 5.65 Å². The van der Waals surface area contributed by atoms with Crippen LogP contribution in [0.15, 0.2) is 45.7 Å². The fourth-order valence-corrected chi connectivity index (χ4v) is 3.60. The van der Waals surface area contributed by atoms with Crippen molar-refractivity contribution in [3.8, 4) is 0 Å². The first kappa shape index (κ1) is 20.5. The molecule has 1 atom stereocenters. The van der Waals surface area contributed by atoms with Gasteiger partial charge in [0.05, 0.1) is 17.4 Å². The number of rotatable bonds is 6. The second-order valence-corrected chi connectivity index (χ2v) is 7.41. The first-order valence-corrected chi connectivity index (χ1v) is 9.95. The summed E-state index contributed by atoms with van der Waals surface area (Å²) in [4.78, 5) is 30.0. The lowest BCUT2D eigenvalue weighted by molar-refractivity contribution is 0.0934. The minimum Gasteiger partial charge on any atom is -0.361 e. The number of nitrogens with zero attached hydrogens (tertiary/aromatic N) is 3. The molecule has 0 saturated heterocycles. The molecule has 0 unspecified atom stereocenters.